The number of piperidine rings is 1. The fourth-order valence-electron chi connectivity index (χ4n) is 3.06. The van der Waals surface area contributed by atoms with Crippen molar-refractivity contribution in [3.8, 4) is 0 Å². The standard InChI is InChI=1S/C17H31N3S/c1-7-20-10-8-17(9-11-20,19-13(2)3)15-18-14(12-21-15)16(4,5)6/h12-13,19H,7-11H2,1-6H3. The predicted molar refractivity (Wildman–Crippen MR) is 92.1 cm³/mol. The summed E-state index contributed by atoms with van der Waals surface area (Å²) in [5, 5.41) is 7.39. The molecule has 1 aliphatic heterocycles. The van der Waals surface area contributed by atoms with Crippen LogP contribution in [-0.2, 0) is 11.0 Å². The highest BCUT2D eigenvalue weighted by atomic mass is 32.1. The Balaban J connectivity index is 2.26. The fourth-order valence-corrected chi connectivity index (χ4v) is 4.33. The van der Waals surface area contributed by atoms with E-state index < -0.39 is 0 Å². The molecule has 0 aliphatic carbocycles. The molecule has 0 spiro atoms. The second kappa shape index (κ2) is 6.35. The quantitative estimate of drug-likeness (QED) is 0.918. The zero-order valence-corrected chi connectivity index (χ0v) is 15.3. The maximum absolute atomic E-state index is 5.02. The van der Waals surface area contributed by atoms with Gasteiger partial charge in [-0.15, -0.1) is 11.3 Å². The zero-order chi connectivity index (χ0) is 15.7. The van der Waals surface area contributed by atoms with E-state index in [1.807, 2.05) is 11.3 Å². The summed E-state index contributed by atoms with van der Waals surface area (Å²) in [4.78, 5) is 7.56. The molecule has 2 heterocycles. The number of hydrogen-bond acceptors (Lipinski definition) is 4. The lowest BCUT2D eigenvalue weighted by Gasteiger charge is -2.42. The van der Waals surface area contributed by atoms with Crippen LogP contribution in [0.5, 0.6) is 0 Å². The summed E-state index contributed by atoms with van der Waals surface area (Å²) in [5.74, 6) is 0. The minimum absolute atomic E-state index is 0.0774. The summed E-state index contributed by atoms with van der Waals surface area (Å²) in [5.41, 5.74) is 1.44. The Hall–Kier alpha value is -0.450. The third-order valence-electron chi connectivity index (χ3n) is 4.40. The van der Waals surface area contributed by atoms with Gasteiger partial charge in [0.2, 0.25) is 0 Å². The topological polar surface area (TPSA) is 28.2 Å². The summed E-state index contributed by atoms with van der Waals surface area (Å²) in [6, 6.07) is 0.486. The molecule has 0 saturated carbocycles. The predicted octanol–water partition coefficient (Wildman–Crippen LogP) is 3.75. The number of rotatable bonds is 4. The minimum atomic E-state index is 0.0774. The van der Waals surface area contributed by atoms with Crippen molar-refractivity contribution >= 4 is 11.3 Å². The molecule has 1 fully saturated rings. The molecule has 0 unspecified atom stereocenters. The van der Waals surface area contributed by atoms with Crippen LogP contribution < -0.4 is 5.32 Å². The molecule has 4 heteroatoms. The molecule has 2 rings (SSSR count). The summed E-state index contributed by atoms with van der Waals surface area (Å²) < 4.78 is 0. The number of nitrogens with one attached hydrogen (secondary N) is 1. The van der Waals surface area contributed by atoms with Crippen LogP contribution in [0.4, 0.5) is 0 Å². The van der Waals surface area contributed by atoms with E-state index in [1.165, 1.54) is 23.8 Å². The number of hydrogen-bond donors (Lipinski definition) is 1. The van der Waals surface area contributed by atoms with Gasteiger partial charge in [-0.2, -0.15) is 0 Å². The van der Waals surface area contributed by atoms with Crippen LogP contribution in [0.25, 0.3) is 0 Å². The van der Waals surface area contributed by atoms with Crippen LogP contribution in [-0.4, -0.2) is 35.6 Å². The van der Waals surface area contributed by atoms with Gasteiger partial charge in [-0.25, -0.2) is 4.98 Å². The summed E-state index contributed by atoms with van der Waals surface area (Å²) >= 11 is 1.84. The molecule has 1 saturated heterocycles. The van der Waals surface area contributed by atoms with Crippen LogP contribution in [0.2, 0.25) is 0 Å². The van der Waals surface area contributed by atoms with E-state index in [9.17, 15) is 0 Å². The van der Waals surface area contributed by atoms with Crippen molar-refractivity contribution in [3.63, 3.8) is 0 Å². The van der Waals surface area contributed by atoms with Gasteiger partial charge in [0.15, 0.2) is 0 Å². The lowest BCUT2D eigenvalue weighted by Crippen LogP contribution is -2.53. The van der Waals surface area contributed by atoms with Crippen LogP contribution in [0, 0.1) is 0 Å². The van der Waals surface area contributed by atoms with Crippen molar-refractivity contribution in [1.29, 1.82) is 0 Å². The summed E-state index contributed by atoms with van der Waals surface area (Å²) in [6.45, 7) is 17.0. The van der Waals surface area contributed by atoms with E-state index in [2.05, 4.69) is 57.1 Å². The zero-order valence-electron chi connectivity index (χ0n) is 14.5. The minimum Gasteiger partial charge on any atom is -0.303 e. The first kappa shape index (κ1) is 16.9. The maximum Gasteiger partial charge on any atom is 0.113 e. The van der Waals surface area contributed by atoms with E-state index >= 15 is 0 Å². The smallest absolute Gasteiger partial charge is 0.113 e. The van der Waals surface area contributed by atoms with Gasteiger partial charge in [0.05, 0.1) is 11.2 Å². The van der Waals surface area contributed by atoms with E-state index in [4.69, 9.17) is 4.98 Å². The van der Waals surface area contributed by atoms with Crippen molar-refractivity contribution in [2.24, 2.45) is 0 Å². The van der Waals surface area contributed by atoms with Crippen molar-refractivity contribution in [2.75, 3.05) is 19.6 Å². The lowest BCUT2D eigenvalue weighted by molar-refractivity contribution is 0.131. The number of nitrogens with zero attached hydrogens (tertiary/aromatic N) is 2. The van der Waals surface area contributed by atoms with Crippen LogP contribution in [0.1, 0.15) is 65.1 Å². The second-order valence-corrected chi connectivity index (χ2v) is 8.46. The maximum atomic E-state index is 5.02. The van der Waals surface area contributed by atoms with Gasteiger partial charge < -0.3 is 10.2 Å². The normalized spacial score (nSPS) is 20.1. The van der Waals surface area contributed by atoms with Crippen LogP contribution >= 0.6 is 11.3 Å². The lowest BCUT2D eigenvalue weighted by atomic mass is 9.86. The highest BCUT2D eigenvalue weighted by Crippen LogP contribution is 2.37. The molecule has 3 nitrogen and oxygen atoms in total. The first-order valence-corrected chi connectivity index (χ1v) is 9.11. The number of thiazole rings is 1. The Labute approximate surface area is 134 Å². The monoisotopic (exact) mass is 309 g/mol. The molecule has 1 N–H and O–H groups in total. The van der Waals surface area contributed by atoms with Gasteiger partial charge in [-0.1, -0.05) is 27.7 Å². The molecule has 0 bridgehead atoms. The van der Waals surface area contributed by atoms with Crippen LogP contribution in [0.15, 0.2) is 5.38 Å². The Kier molecular flexibility index (Phi) is 5.11. The van der Waals surface area contributed by atoms with E-state index in [1.54, 1.807) is 0 Å². The molecule has 1 aromatic rings. The Bertz CT molecular complexity index is 451. The Morgan fingerprint density at radius 3 is 2.38 bits per heavy atom. The third-order valence-corrected chi connectivity index (χ3v) is 5.45. The van der Waals surface area contributed by atoms with E-state index in [0.29, 0.717) is 6.04 Å². The van der Waals surface area contributed by atoms with Gasteiger partial charge in [-0.05, 0) is 33.2 Å². The van der Waals surface area contributed by atoms with E-state index in [-0.39, 0.29) is 11.0 Å². The molecular formula is C17H31N3S. The SMILES string of the molecule is CCN1CCC(NC(C)C)(c2nc(C(C)(C)C)cs2)CC1. The van der Waals surface area contributed by atoms with Gasteiger partial charge >= 0.3 is 0 Å². The summed E-state index contributed by atoms with van der Waals surface area (Å²) in [7, 11) is 0. The number of aromatic nitrogens is 1. The van der Waals surface area contributed by atoms with Crippen molar-refractivity contribution < 1.29 is 0 Å². The molecule has 0 radical (unpaired) electrons. The largest absolute Gasteiger partial charge is 0.303 e. The van der Waals surface area contributed by atoms with Gasteiger partial charge in [0.25, 0.3) is 0 Å². The van der Waals surface area contributed by atoms with Gasteiger partial charge in [0, 0.05) is 29.9 Å². The molecule has 0 atom stereocenters. The van der Waals surface area contributed by atoms with E-state index in [0.717, 1.165) is 19.4 Å². The van der Waals surface area contributed by atoms with Crippen molar-refractivity contribution in [2.45, 2.75) is 71.4 Å². The van der Waals surface area contributed by atoms with Gasteiger partial charge in [-0.3, -0.25) is 0 Å². The highest BCUT2D eigenvalue weighted by molar-refractivity contribution is 7.09. The average Bonchev–Trinajstić information content (AvgIpc) is 2.89. The van der Waals surface area contributed by atoms with Crippen molar-refractivity contribution in [1.82, 2.24) is 15.2 Å². The third kappa shape index (κ3) is 3.85. The second-order valence-electron chi connectivity index (χ2n) is 7.60. The fraction of sp³-hybridized carbons (Fsp3) is 0.824. The van der Waals surface area contributed by atoms with Gasteiger partial charge in [0.1, 0.15) is 5.01 Å². The Morgan fingerprint density at radius 2 is 1.95 bits per heavy atom. The Morgan fingerprint density at radius 1 is 1.33 bits per heavy atom. The molecule has 1 aromatic heterocycles. The first-order valence-electron chi connectivity index (χ1n) is 8.23. The summed E-state index contributed by atoms with van der Waals surface area (Å²) in [6.07, 6.45) is 2.33. The number of likely N-dealkylation sites (tertiary alicyclic amines) is 1. The van der Waals surface area contributed by atoms with Crippen LogP contribution in [0.3, 0.4) is 0 Å². The molecule has 0 aromatic carbocycles. The first-order chi connectivity index (χ1) is 9.77. The molecule has 0 amide bonds. The van der Waals surface area contributed by atoms with Crippen molar-refractivity contribution in [3.05, 3.63) is 16.1 Å². The molecule has 21 heavy (non-hydrogen) atoms. The average molecular weight is 310 g/mol. The molecule has 120 valence electrons. The molecule has 1 aliphatic rings. The molecular weight excluding hydrogens is 278 g/mol. The highest BCUT2D eigenvalue weighted by Gasteiger charge is 2.39.